The summed E-state index contributed by atoms with van der Waals surface area (Å²) in [6.45, 7) is 3.55. The number of nitrogens with one attached hydrogen (secondary N) is 2. The number of carbonyl (C=O) groups excluding carboxylic acids is 1. The highest BCUT2D eigenvalue weighted by Gasteiger charge is 2.31. The molecule has 2 amide bonds. The molecule has 1 saturated heterocycles. The van der Waals surface area contributed by atoms with Gasteiger partial charge >= 0.3 is 6.03 Å². The van der Waals surface area contributed by atoms with Crippen LogP contribution in [0.4, 0.5) is 10.5 Å². The van der Waals surface area contributed by atoms with Gasteiger partial charge in [-0.3, -0.25) is 0 Å². The third-order valence-electron chi connectivity index (χ3n) is 4.55. The average molecular weight is 339 g/mol. The maximum Gasteiger partial charge on any atom is 0.322 e. The minimum Gasteiger partial charge on any atom is -0.464 e. The van der Waals surface area contributed by atoms with Gasteiger partial charge in [-0.1, -0.05) is 6.92 Å². The van der Waals surface area contributed by atoms with Crippen molar-refractivity contribution in [3.05, 3.63) is 54.1 Å². The van der Waals surface area contributed by atoms with Crippen LogP contribution in [0, 0.1) is 0 Å². The lowest BCUT2D eigenvalue weighted by atomic mass is 10.2. The zero-order valence-electron chi connectivity index (χ0n) is 14.1. The molecular weight excluding hydrogens is 318 g/mol. The highest BCUT2D eigenvalue weighted by molar-refractivity contribution is 5.93. The van der Waals surface area contributed by atoms with Gasteiger partial charge in [-0.2, -0.15) is 0 Å². The lowest BCUT2D eigenvalue weighted by Crippen LogP contribution is -2.45. The zero-order valence-corrected chi connectivity index (χ0v) is 14.1. The van der Waals surface area contributed by atoms with Crippen molar-refractivity contribution < 1.29 is 13.9 Å². The van der Waals surface area contributed by atoms with E-state index in [1.807, 2.05) is 49.5 Å². The lowest BCUT2D eigenvalue weighted by Gasteiger charge is -2.34. The maximum atomic E-state index is 12.8. The first-order chi connectivity index (χ1) is 12.2. The van der Waals surface area contributed by atoms with E-state index in [1.54, 1.807) is 4.90 Å². The van der Waals surface area contributed by atoms with Crippen LogP contribution in [0.3, 0.4) is 0 Å². The van der Waals surface area contributed by atoms with Crippen molar-refractivity contribution in [2.75, 3.05) is 25.1 Å². The molecule has 1 atom stereocenters. The number of aromatic amines is 1. The molecule has 1 fully saturated rings. The number of benzene rings is 1. The number of hydrogen-bond donors (Lipinski definition) is 2. The summed E-state index contributed by atoms with van der Waals surface area (Å²) in [5, 5.41) is 4.05. The van der Waals surface area contributed by atoms with Gasteiger partial charge in [-0.25, -0.2) is 4.79 Å². The molecule has 0 radical (unpaired) electrons. The number of morpholine rings is 1. The predicted molar refractivity (Wildman–Crippen MR) is 95.7 cm³/mol. The Bertz CT molecular complexity index is 883. The van der Waals surface area contributed by atoms with Crippen LogP contribution in [0.1, 0.15) is 24.5 Å². The smallest absolute Gasteiger partial charge is 0.322 e. The molecule has 1 aliphatic heterocycles. The molecule has 2 N–H and O–H groups in total. The monoisotopic (exact) mass is 339 g/mol. The van der Waals surface area contributed by atoms with Crippen molar-refractivity contribution in [3.63, 3.8) is 0 Å². The molecule has 3 aromatic rings. The quantitative estimate of drug-likeness (QED) is 0.759. The van der Waals surface area contributed by atoms with E-state index >= 15 is 0 Å². The van der Waals surface area contributed by atoms with Crippen LogP contribution in [0.25, 0.3) is 10.9 Å². The van der Waals surface area contributed by atoms with Gasteiger partial charge in [0.25, 0.3) is 0 Å². The molecule has 1 aromatic carbocycles. The van der Waals surface area contributed by atoms with Gasteiger partial charge in [0.05, 0.1) is 13.2 Å². The normalized spacial score (nSPS) is 17.8. The number of aromatic nitrogens is 1. The molecule has 0 unspecified atom stereocenters. The zero-order chi connectivity index (χ0) is 17.2. The number of hydrogen-bond acceptors (Lipinski definition) is 3. The molecule has 4 rings (SSSR count). The van der Waals surface area contributed by atoms with Crippen LogP contribution in [-0.2, 0) is 11.2 Å². The van der Waals surface area contributed by atoms with Crippen LogP contribution in [-0.4, -0.2) is 35.7 Å². The van der Waals surface area contributed by atoms with Crippen LogP contribution in [0.15, 0.2) is 47.0 Å². The van der Waals surface area contributed by atoms with E-state index in [2.05, 4.69) is 10.3 Å². The molecule has 25 heavy (non-hydrogen) atoms. The summed E-state index contributed by atoms with van der Waals surface area (Å²) in [7, 11) is 0. The summed E-state index contributed by atoms with van der Waals surface area (Å²) < 4.78 is 11.4. The van der Waals surface area contributed by atoms with E-state index in [-0.39, 0.29) is 12.1 Å². The Balaban J connectivity index is 1.53. The SMILES string of the molecule is CCc1ccc([C@@H]2COCCN2C(=O)Nc2ccc3[nH]ccc3c2)o1. The molecule has 0 aliphatic carbocycles. The number of fused-ring (bicyclic) bond motifs is 1. The van der Waals surface area contributed by atoms with E-state index in [0.29, 0.717) is 19.8 Å². The molecule has 3 heterocycles. The van der Waals surface area contributed by atoms with Crippen molar-refractivity contribution >= 4 is 22.6 Å². The molecule has 0 bridgehead atoms. The van der Waals surface area contributed by atoms with Crippen molar-refractivity contribution in [1.82, 2.24) is 9.88 Å². The molecular formula is C19H21N3O3. The first-order valence-corrected chi connectivity index (χ1v) is 8.55. The fourth-order valence-corrected chi connectivity index (χ4v) is 3.17. The van der Waals surface area contributed by atoms with Gasteiger partial charge in [0.1, 0.15) is 17.6 Å². The van der Waals surface area contributed by atoms with Crippen LogP contribution < -0.4 is 5.32 Å². The summed E-state index contributed by atoms with van der Waals surface area (Å²) in [5.41, 5.74) is 1.82. The Labute approximate surface area is 145 Å². The Hall–Kier alpha value is -2.73. The first-order valence-electron chi connectivity index (χ1n) is 8.55. The van der Waals surface area contributed by atoms with Crippen molar-refractivity contribution in [1.29, 1.82) is 0 Å². The number of ether oxygens (including phenoxy) is 1. The number of H-pyrrole nitrogens is 1. The number of urea groups is 1. The highest BCUT2D eigenvalue weighted by Crippen LogP contribution is 2.27. The largest absolute Gasteiger partial charge is 0.464 e. The van der Waals surface area contributed by atoms with Crippen LogP contribution >= 0.6 is 0 Å². The van der Waals surface area contributed by atoms with Crippen molar-refractivity contribution in [3.8, 4) is 0 Å². The summed E-state index contributed by atoms with van der Waals surface area (Å²) >= 11 is 0. The predicted octanol–water partition coefficient (Wildman–Crippen LogP) is 3.93. The van der Waals surface area contributed by atoms with E-state index in [1.165, 1.54) is 0 Å². The third-order valence-corrected chi connectivity index (χ3v) is 4.55. The van der Waals surface area contributed by atoms with E-state index in [4.69, 9.17) is 9.15 Å². The Morgan fingerprint density at radius 2 is 2.24 bits per heavy atom. The van der Waals surface area contributed by atoms with E-state index < -0.39 is 0 Å². The number of nitrogens with zero attached hydrogens (tertiary/aromatic N) is 1. The third kappa shape index (κ3) is 3.13. The van der Waals surface area contributed by atoms with Gasteiger partial charge in [-0.05, 0) is 36.4 Å². The average Bonchev–Trinajstić information content (AvgIpc) is 3.30. The molecule has 2 aromatic heterocycles. The number of carbonyl (C=O) groups is 1. The topological polar surface area (TPSA) is 70.5 Å². The highest BCUT2D eigenvalue weighted by atomic mass is 16.5. The summed E-state index contributed by atoms with van der Waals surface area (Å²) in [4.78, 5) is 17.7. The molecule has 1 aliphatic rings. The number of rotatable bonds is 3. The second kappa shape index (κ2) is 6.64. The maximum absolute atomic E-state index is 12.8. The number of furan rings is 1. The second-order valence-electron chi connectivity index (χ2n) is 6.15. The Kier molecular flexibility index (Phi) is 4.19. The van der Waals surface area contributed by atoms with Crippen LogP contribution in [0.5, 0.6) is 0 Å². The molecule has 130 valence electrons. The van der Waals surface area contributed by atoms with Gasteiger partial charge in [-0.15, -0.1) is 0 Å². The molecule has 6 nitrogen and oxygen atoms in total. The Morgan fingerprint density at radius 3 is 3.08 bits per heavy atom. The molecule has 0 spiro atoms. The van der Waals surface area contributed by atoms with Crippen molar-refractivity contribution in [2.45, 2.75) is 19.4 Å². The standard InChI is InChI=1S/C19H21N3O3/c1-2-15-4-6-18(25-15)17-12-24-10-9-22(17)19(23)21-14-3-5-16-13(11-14)7-8-20-16/h3-8,11,17,20H,2,9-10,12H2,1H3,(H,21,23)/t17-/m0/s1. The Morgan fingerprint density at radius 1 is 1.32 bits per heavy atom. The van der Waals surface area contributed by atoms with E-state index in [9.17, 15) is 4.79 Å². The fourth-order valence-electron chi connectivity index (χ4n) is 3.17. The molecule has 0 saturated carbocycles. The van der Waals surface area contributed by atoms with Gasteiger partial charge in [0.2, 0.25) is 0 Å². The molecule has 6 heteroatoms. The van der Waals surface area contributed by atoms with Gasteiger partial charge in [0.15, 0.2) is 0 Å². The number of aryl methyl sites for hydroxylation is 1. The number of anilines is 1. The minimum atomic E-state index is -0.204. The lowest BCUT2D eigenvalue weighted by molar-refractivity contribution is 0.00702. The summed E-state index contributed by atoms with van der Waals surface area (Å²) in [5.74, 6) is 1.69. The number of amides is 2. The summed E-state index contributed by atoms with van der Waals surface area (Å²) in [6, 6.07) is 11.3. The summed E-state index contributed by atoms with van der Waals surface area (Å²) in [6.07, 6.45) is 2.72. The van der Waals surface area contributed by atoms with Gasteiger partial charge in [0, 0.05) is 35.8 Å². The minimum absolute atomic E-state index is 0.141. The fraction of sp³-hybridized carbons (Fsp3) is 0.316. The van der Waals surface area contributed by atoms with Crippen LogP contribution in [0.2, 0.25) is 0 Å². The van der Waals surface area contributed by atoms with Gasteiger partial charge < -0.3 is 24.4 Å². The first kappa shape index (κ1) is 15.8. The van der Waals surface area contributed by atoms with Crippen molar-refractivity contribution in [2.24, 2.45) is 0 Å². The second-order valence-corrected chi connectivity index (χ2v) is 6.15. The van der Waals surface area contributed by atoms with E-state index in [0.717, 1.165) is 34.5 Å².